The number of sulfonamides is 1. The van der Waals surface area contributed by atoms with Crippen molar-refractivity contribution in [3.05, 3.63) is 89.0 Å². The molecule has 0 aliphatic carbocycles. The lowest BCUT2D eigenvalue weighted by Crippen LogP contribution is -2.32. The lowest BCUT2D eigenvalue weighted by atomic mass is 9.80. The van der Waals surface area contributed by atoms with Crippen molar-refractivity contribution >= 4 is 33.0 Å². The largest absolute Gasteiger partial charge is 0.378 e. The summed E-state index contributed by atoms with van der Waals surface area (Å²) < 4.78 is 29.0. The predicted molar refractivity (Wildman–Crippen MR) is 145 cm³/mol. The highest BCUT2D eigenvalue weighted by molar-refractivity contribution is 7.92. The molecule has 2 heterocycles. The van der Waals surface area contributed by atoms with Gasteiger partial charge in [-0.3, -0.25) is 14.3 Å². The number of nitrogens with one attached hydrogen (secondary N) is 3. The number of Topliss-reactive ketones (excluding diaryl/α,β-unsaturated/α-hetero) is 2. The van der Waals surface area contributed by atoms with Gasteiger partial charge in [0, 0.05) is 40.4 Å². The fourth-order valence-corrected chi connectivity index (χ4v) is 6.41. The van der Waals surface area contributed by atoms with Crippen molar-refractivity contribution in [2.24, 2.45) is 11.8 Å². The molecule has 0 saturated carbocycles. The monoisotopic (exact) mass is 517 g/mol. The van der Waals surface area contributed by atoms with Crippen LogP contribution >= 0.6 is 0 Å². The van der Waals surface area contributed by atoms with Crippen LogP contribution < -0.4 is 15.4 Å². The molecular formula is C29H31N3O4S. The van der Waals surface area contributed by atoms with E-state index in [9.17, 15) is 18.0 Å². The van der Waals surface area contributed by atoms with Crippen molar-refractivity contribution in [2.75, 3.05) is 16.6 Å². The molecule has 5 rings (SSSR count). The fraction of sp³-hybridized carbons (Fsp3) is 0.310. The molecule has 0 bridgehead atoms. The molecule has 3 atom stereocenters. The summed E-state index contributed by atoms with van der Waals surface area (Å²) in [7, 11) is -3.85. The van der Waals surface area contributed by atoms with E-state index < -0.39 is 10.0 Å². The second kappa shape index (κ2) is 9.76. The van der Waals surface area contributed by atoms with E-state index in [0.29, 0.717) is 16.8 Å². The molecule has 3 aromatic carbocycles. The third kappa shape index (κ3) is 4.91. The van der Waals surface area contributed by atoms with Crippen LogP contribution in [0.2, 0.25) is 0 Å². The quantitative estimate of drug-likeness (QED) is 0.365. The zero-order valence-corrected chi connectivity index (χ0v) is 21.9. The van der Waals surface area contributed by atoms with Gasteiger partial charge in [-0.1, -0.05) is 50.2 Å². The molecule has 0 aromatic heterocycles. The SMILES string of the molecule is CC(=O)c1cccc(NS(=O)(=O)c2ccc3c(c2)C2NCCC2C(c2ccc(C(=O)C(C)C)cc2)N3)c1. The van der Waals surface area contributed by atoms with Gasteiger partial charge >= 0.3 is 0 Å². The zero-order valence-electron chi connectivity index (χ0n) is 21.1. The topological polar surface area (TPSA) is 104 Å². The number of rotatable bonds is 7. The maximum atomic E-state index is 13.2. The minimum Gasteiger partial charge on any atom is -0.378 e. The van der Waals surface area contributed by atoms with Gasteiger partial charge in [0.05, 0.1) is 10.9 Å². The molecule has 1 fully saturated rings. The number of carbonyl (C=O) groups excluding carboxylic acids is 2. The van der Waals surface area contributed by atoms with E-state index in [2.05, 4.69) is 15.4 Å². The Bertz CT molecular complexity index is 1460. The third-order valence-corrected chi connectivity index (χ3v) is 8.66. The Morgan fingerprint density at radius 3 is 2.41 bits per heavy atom. The second-order valence-electron chi connectivity index (χ2n) is 10.1. The summed E-state index contributed by atoms with van der Waals surface area (Å²) in [6, 6.07) is 19.5. The standard InChI is InChI=1S/C29H31N3O4S/c1-17(2)29(34)20-9-7-19(8-10-20)27-24-13-14-30-28(24)25-16-23(11-12-26(25)31-27)37(35,36)32-22-6-4-5-21(15-22)18(3)33/h4-12,15-17,24,27-28,30-32H,13-14H2,1-3H3. The average Bonchev–Trinajstić information content (AvgIpc) is 3.38. The summed E-state index contributed by atoms with van der Waals surface area (Å²) >= 11 is 0. The van der Waals surface area contributed by atoms with Gasteiger partial charge in [-0.2, -0.15) is 0 Å². The van der Waals surface area contributed by atoms with Crippen LogP contribution in [-0.4, -0.2) is 26.5 Å². The van der Waals surface area contributed by atoms with Crippen LogP contribution in [0.25, 0.3) is 0 Å². The molecule has 3 aromatic rings. The summed E-state index contributed by atoms with van der Waals surface area (Å²) in [5, 5.41) is 7.19. The van der Waals surface area contributed by atoms with E-state index >= 15 is 0 Å². The predicted octanol–water partition coefficient (Wildman–Crippen LogP) is 5.35. The van der Waals surface area contributed by atoms with Gasteiger partial charge in [0.25, 0.3) is 10.0 Å². The van der Waals surface area contributed by atoms with E-state index in [0.717, 1.165) is 29.8 Å². The van der Waals surface area contributed by atoms with E-state index in [4.69, 9.17) is 0 Å². The molecule has 1 saturated heterocycles. The average molecular weight is 518 g/mol. The Morgan fingerprint density at radius 2 is 1.70 bits per heavy atom. The lowest BCUT2D eigenvalue weighted by molar-refractivity contribution is 0.0938. The Morgan fingerprint density at radius 1 is 0.946 bits per heavy atom. The first-order valence-corrected chi connectivity index (χ1v) is 14.0. The summed E-state index contributed by atoms with van der Waals surface area (Å²) in [5.74, 6) is 0.184. The molecule has 192 valence electrons. The Labute approximate surface area is 217 Å². The Hall–Kier alpha value is -3.49. The van der Waals surface area contributed by atoms with Gasteiger partial charge < -0.3 is 10.6 Å². The van der Waals surface area contributed by atoms with Crippen LogP contribution in [0.3, 0.4) is 0 Å². The van der Waals surface area contributed by atoms with Gasteiger partial charge in [0.2, 0.25) is 0 Å². The number of hydrogen-bond donors (Lipinski definition) is 3. The molecule has 7 nitrogen and oxygen atoms in total. The fourth-order valence-electron chi connectivity index (χ4n) is 5.33. The minimum absolute atomic E-state index is 0.00872. The highest BCUT2D eigenvalue weighted by Gasteiger charge is 2.40. The lowest BCUT2D eigenvalue weighted by Gasteiger charge is -2.37. The van der Waals surface area contributed by atoms with Crippen molar-refractivity contribution < 1.29 is 18.0 Å². The second-order valence-corrected chi connectivity index (χ2v) is 11.8. The molecule has 2 aliphatic heterocycles. The van der Waals surface area contributed by atoms with Crippen LogP contribution in [0.4, 0.5) is 11.4 Å². The number of benzene rings is 3. The highest BCUT2D eigenvalue weighted by atomic mass is 32.2. The summed E-state index contributed by atoms with van der Waals surface area (Å²) in [6.07, 6.45) is 0.946. The van der Waals surface area contributed by atoms with Gasteiger partial charge in [-0.25, -0.2) is 8.42 Å². The molecule has 0 radical (unpaired) electrons. The van der Waals surface area contributed by atoms with E-state index in [1.54, 1.807) is 36.4 Å². The Balaban J connectivity index is 1.42. The molecule has 8 heteroatoms. The summed E-state index contributed by atoms with van der Waals surface area (Å²) in [5.41, 5.74) is 4.42. The molecular weight excluding hydrogens is 486 g/mol. The number of fused-ring (bicyclic) bond motifs is 3. The third-order valence-electron chi connectivity index (χ3n) is 7.28. The van der Waals surface area contributed by atoms with Crippen molar-refractivity contribution in [3.8, 4) is 0 Å². The van der Waals surface area contributed by atoms with Crippen LogP contribution in [-0.2, 0) is 10.0 Å². The van der Waals surface area contributed by atoms with Crippen LogP contribution in [0.15, 0.2) is 71.6 Å². The van der Waals surface area contributed by atoms with Crippen molar-refractivity contribution in [1.82, 2.24) is 5.32 Å². The molecule has 3 N–H and O–H groups in total. The van der Waals surface area contributed by atoms with Gasteiger partial charge in [0.1, 0.15) is 0 Å². The first-order valence-electron chi connectivity index (χ1n) is 12.6. The maximum Gasteiger partial charge on any atom is 0.261 e. The normalized spacial score (nSPS) is 20.6. The van der Waals surface area contributed by atoms with Gasteiger partial charge in [0.15, 0.2) is 11.6 Å². The first-order chi connectivity index (χ1) is 17.6. The molecule has 0 amide bonds. The number of carbonyl (C=O) groups is 2. The highest BCUT2D eigenvalue weighted by Crippen LogP contribution is 2.47. The van der Waals surface area contributed by atoms with Crippen LogP contribution in [0, 0.1) is 11.8 Å². The van der Waals surface area contributed by atoms with Crippen LogP contribution in [0.1, 0.15) is 71.1 Å². The van der Waals surface area contributed by atoms with Gasteiger partial charge in [-0.05, 0) is 61.3 Å². The molecule has 0 spiro atoms. The van der Waals surface area contributed by atoms with E-state index in [-0.39, 0.29) is 40.4 Å². The number of hydrogen-bond acceptors (Lipinski definition) is 6. The van der Waals surface area contributed by atoms with E-state index in [1.807, 2.05) is 44.2 Å². The van der Waals surface area contributed by atoms with E-state index in [1.165, 1.54) is 6.92 Å². The summed E-state index contributed by atoms with van der Waals surface area (Å²) in [6.45, 7) is 6.08. The Kier molecular flexibility index (Phi) is 6.64. The van der Waals surface area contributed by atoms with Crippen molar-refractivity contribution in [1.29, 1.82) is 0 Å². The minimum atomic E-state index is -3.85. The van der Waals surface area contributed by atoms with Crippen molar-refractivity contribution in [2.45, 2.75) is 44.2 Å². The number of anilines is 2. The number of ketones is 2. The van der Waals surface area contributed by atoms with Crippen LogP contribution in [0.5, 0.6) is 0 Å². The summed E-state index contributed by atoms with van der Waals surface area (Å²) in [4.78, 5) is 24.2. The van der Waals surface area contributed by atoms with Crippen molar-refractivity contribution in [3.63, 3.8) is 0 Å². The molecule has 37 heavy (non-hydrogen) atoms. The molecule has 2 aliphatic rings. The zero-order chi connectivity index (χ0) is 26.3. The molecule has 3 unspecified atom stereocenters. The smallest absolute Gasteiger partial charge is 0.261 e. The first kappa shape index (κ1) is 25.2. The maximum absolute atomic E-state index is 13.2. The van der Waals surface area contributed by atoms with Gasteiger partial charge in [-0.15, -0.1) is 0 Å².